The van der Waals surface area contributed by atoms with E-state index >= 15 is 0 Å². The van der Waals surface area contributed by atoms with Crippen molar-refractivity contribution in [2.45, 2.75) is 32.5 Å². The van der Waals surface area contributed by atoms with Crippen molar-refractivity contribution < 1.29 is 27.5 Å². The Balaban J connectivity index is 2.59. The molecule has 2 aromatic rings. The molecule has 1 aromatic heterocycles. The fourth-order valence-electron chi connectivity index (χ4n) is 2.14. The van der Waals surface area contributed by atoms with E-state index in [1.807, 2.05) is 0 Å². The molecular weight excluding hydrogens is 355 g/mol. The Labute approximate surface area is 146 Å². The third-order valence-corrected chi connectivity index (χ3v) is 4.15. The number of hydrogen-bond donors (Lipinski definition) is 1. The number of ether oxygens (including phenoxy) is 1. The van der Waals surface area contributed by atoms with Gasteiger partial charge in [-0.3, -0.25) is 10.1 Å². The summed E-state index contributed by atoms with van der Waals surface area (Å²) < 4.78 is 45.4. The molecule has 134 valence electrons. The van der Waals surface area contributed by atoms with Gasteiger partial charge < -0.3 is 4.74 Å². The third-order valence-electron chi connectivity index (χ3n) is 2.99. The Bertz CT molecular complexity index is 777. The van der Waals surface area contributed by atoms with Gasteiger partial charge in [0.15, 0.2) is 6.29 Å². The first-order valence-electron chi connectivity index (χ1n) is 7.27. The highest BCUT2D eigenvalue weighted by Gasteiger charge is 2.39. The van der Waals surface area contributed by atoms with Crippen LogP contribution in [0.5, 0.6) is 0 Å². The van der Waals surface area contributed by atoms with E-state index in [1.165, 1.54) is 12.1 Å². The number of rotatable bonds is 3. The highest BCUT2D eigenvalue weighted by Crippen LogP contribution is 2.48. The summed E-state index contributed by atoms with van der Waals surface area (Å²) in [6, 6.07) is 7.76. The number of alkyl halides is 3. The zero-order valence-electron chi connectivity index (χ0n) is 13.7. The Morgan fingerprint density at radius 2 is 1.76 bits per heavy atom. The number of benzene rings is 1. The van der Waals surface area contributed by atoms with Gasteiger partial charge in [-0.05, 0) is 26.3 Å². The second kappa shape index (κ2) is 6.87. The number of aldehydes is 1. The summed E-state index contributed by atoms with van der Waals surface area (Å²) in [4.78, 5) is 22.1. The van der Waals surface area contributed by atoms with Gasteiger partial charge in [-0.1, -0.05) is 30.3 Å². The summed E-state index contributed by atoms with van der Waals surface area (Å²) in [5.41, 5.74) is -1.04. The molecular formula is C17H16F3NO3S. The topological polar surface area (TPSA) is 55.4 Å². The number of amides is 1. The molecule has 1 heterocycles. The summed E-state index contributed by atoms with van der Waals surface area (Å²) in [7, 11) is 0. The van der Waals surface area contributed by atoms with Crippen LogP contribution in [0.15, 0.2) is 30.3 Å². The maximum Gasteiger partial charge on any atom is 0.426 e. The lowest BCUT2D eigenvalue weighted by molar-refractivity contribution is -0.133. The summed E-state index contributed by atoms with van der Waals surface area (Å²) >= 11 is 0.285. The molecule has 8 heteroatoms. The monoisotopic (exact) mass is 371 g/mol. The van der Waals surface area contributed by atoms with E-state index in [1.54, 1.807) is 39.0 Å². The number of halogens is 3. The van der Waals surface area contributed by atoms with E-state index in [2.05, 4.69) is 5.32 Å². The molecule has 25 heavy (non-hydrogen) atoms. The molecule has 4 nitrogen and oxygen atoms in total. The van der Waals surface area contributed by atoms with Gasteiger partial charge in [-0.2, -0.15) is 13.2 Å². The van der Waals surface area contributed by atoms with Gasteiger partial charge in [-0.15, -0.1) is 11.3 Å². The maximum absolute atomic E-state index is 13.4. The van der Waals surface area contributed by atoms with Crippen molar-refractivity contribution in [2.24, 2.45) is 0 Å². The molecule has 0 unspecified atom stereocenters. The van der Waals surface area contributed by atoms with Gasteiger partial charge in [0.05, 0.1) is 10.6 Å². The van der Waals surface area contributed by atoms with Gasteiger partial charge in [0.25, 0.3) is 0 Å². The molecule has 2 rings (SSSR count). The number of hydrogen-bond acceptors (Lipinski definition) is 4. The number of anilines is 1. The lowest BCUT2D eigenvalue weighted by Gasteiger charge is -2.20. The normalized spacial score (nSPS) is 11.9. The highest BCUT2D eigenvalue weighted by molar-refractivity contribution is 7.15. The highest BCUT2D eigenvalue weighted by atomic mass is 32.1. The summed E-state index contributed by atoms with van der Waals surface area (Å²) in [5.74, 6) is 0. The van der Waals surface area contributed by atoms with E-state index in [0.29, 0.717) is 6.29 Å². The van der Waals surface area contributed by atoms with Crippen LogP contribution in [0.4, 0.5) is 23.7 Å². The predicted octanol–water partition coefficient (Wildman–Crippen LogP) is 5.59. The van der Waals surface area contributed by atoms with Crippen molar-refractivity contribution in [1.82, 2.24) is 0 Å². The van der Waals surface area contributed by atoms with E-state index in [9.17, 15) is 22.8 Å². The van der Waals surface area contributed by atoms with Crippen LogP contribution in [0.1, 0.15) is 35.3 Å². The second-order valence-corrected chi connectivity index (χ2v) is 7.21. The molecule has 0 radical (unpaired) electrons. The van der Waals surface area contributed by atoms with Crippen LogP contribution in [-0.4, -0.2) is 18.0 Å². The van der Waals surface area contributed by atoms with Crippen LogP contribution in [0, 0.1) is 0 Å². The first kappa shape index (κ1) is 19.0. The van der Waals surface area contributed by atoms with Crippen LogP contribution < -0.4 is 5.32 Å². The summed E-state index contributed by atoms with van der Waals surface area (Å²) in [6.07, 6.45) is -5.31. The smallest absolute Gasteiger partial charge is 0.426 e. The van der Waals surface area contributed by atoms with E-state index < -0.39 is 22.7 Å². The zero-order valence-corrected chi connectivity index (χ0v) is 14.5. The minimum atomic E-state index is -4.67. The first-order valence-corrected chi connectivity index (χ1v) is 8.09. The summed E-state index contributed by atoms with van der Waals surface area (Å²) in [5, 5.41) is 2.30. The van der Waals surface area contributed by atoms with Gasteiger partial charge in [0.1, 0.15) is 10.5 Å². The Hall–Kier alpha value is -2.35. The van der Waals surface area contributed by atoms with E-state index in [0.717, 1.165) is 0 Å². The fourth-order valence-corrected chi connectivity index (χ4v) is 3.10. The minimum absolute atomic E-state index is 0.201. The summed E-state index contributed by atoms with van der Waals surface area (Å²) in [6.45, 7) is 4.88. The van der Waals surface area contributed by atoms with Gasteiger partial charge in [0, 0.05) is 5.56 Å². The molecule has 1 N–H and O–H groups in total. The minimum Gasteiger partial charge on any atom is -0.444 e. The molecule has 0 saturated carbocycles. The van der Waals surface area contributed by atoms with Crippen LogP contribution in [0.25, 0.3) is 11.1 Å². The number of nitrogens with one attached hydrogen (secondary N) is 1. The van der Waals surface area contributed by atoms with Crippen molar-refractivity contribution in [1.29, 1.82) is 0 Å². The molecule has 0 saturated heterocycles. The van der Waals surface area contributed by atoms with Gasteiger partial charge in [0.2, 0.25) is 0 Å². The van der Waals surface area contributed by atoms with E-state index in [4.69, 9.17) is 4.74 Å². The lowest BCUT2D eigenvalue weighted by Crippen LogP contribution is -2.27. The first-order chi connectivity index (χ1) is 11.5. The van der Waals surface area contributed by atoms with Crippen molar-refractivity contribution >= 4 is 29.4 Å². The van der Waals surface area contributed by atoms with Crippen LogP contribution >= 0.6 is 11.3 Å². The molecule has 0 fully saturated rings. The molecule has 1 amide bonds. The van der Waals surface area contributed by atoms with Crippen LogP contribution in [0.3, 0.4) is 0 Å². The molecule has 0 bridgehead atoms. The maximum atomic E-state index is 13.4. The molecule has 0 spiro atoms. The fraction of sp³-hybridized carbons (Fsp3) is 0.294. The number of carbonyl (C=O) groups is 2. The van der Waals surface area contributed by atoms with Crippen molar-refractivity contribution in [2.75, 3.05) is 5.32 Å². The van der Waals surface area contributed by atoms with Crippen LogP contribution in [0.2, 0.25) is 0 Å². The Kier molecular flexibility index (Phi) is 5.22. The second-order valence-electron chi connectivity index (χ2n) is 6.15. The largest absolute Gasteiger partial charge is 0.444 e. The zero-order chi connectivity index (χ0) is 18.8. The molecule has 0 atom stereocenters. The number of thiophene rings is 1. The van der Waals surface area contributed by atoms with Gasteiger partial charge >= 0.3 is 12.3 Å². The van der Waals surface area contributed by atoms with Crippen molar-refractivity contribution in [3.05, 3.63) is 40.1 Å². The van der Waals surface area contributed by atoms with E-state index in [-0.39, 0.29) is 33.0 Å². The average Bonchev–Trinajstić information content (AvgIpc) is 2.84. The third kappa shape index (κ3) is 4.60. The van der Waals surface area contributed by atoms with Crippen molar-refractivity contribution in [3.63, 3.8) is 0 Å². The molecule has 0 aliphatic rings. The molecule has 1 aromatic carbocycles. The average molecular weight is 371 g/mol. The Morgan fingerprint density at radius 1 is 1.16 bits per heavy atom. The lowest BCUT2D eigenvalue weighted by atomic mass is 10.0. The predicted molar refractivity (Wildman–Crippen MR) is 90.0 cm³/mol. The molecule has 0 aliphatic carbocycles. The standard InChI is InChI=1S/C17H16F3NO3S/c1-16(2,3)24-15(23)21-13-11(9-22)25-14(17(18,19)20)12(13)10-7-5-4-6-8-10/h4-9H,1-3H3,(H,21,23). The van der Waals surface area contributed by atoms with Crippen molar-refractivity contribution in [3.8, 4) is 11.1 Å². The SMILES string of the molecule is CC(C)(C)OC(=O)Nc1c(C=O)sc(C(F)(F)F)c1-c1ccccc1. The quantitative estimate of drug-likeness (QED) is 0.715. The van der Waals surface area contributed by atoms with Gasteiger partial charge in [-0.25, -0.2) is 4.79 Å². The Morgan fingerprint density at radius 3 is 2.24 bits per heavy atom. The molecule has 0 aliphatic heterocycles. The van der Waals surface area contributed by atoms with Crippen LogP contribution in [-0.2, 0) is 10.9 Å². The number of carbonyl (C=O) groups excluding carboxylic acids is 2.